The molecule has 1 rings (SSSR count). The number of piperidine rings is 1. The molecule has 19 heavy (non-hydrogen) atoms. The van der Waals surface area contributed by atoms with Crippen LogP contribution in [0.3, 0.4) is 0 Å². The van der Waals surface area contributed by atoms with Crippen LogP contribution in [0.25, 0.3) is 0 Å². The third-order valence-corrected chi connectivity index (χ3v) is 3.19. The summed E-state index contributed by atoms with van der Waals surface area (Å²) >= 11 is 0. The average Bonchev–Trinajstić information content (AvgIpc) is 2.39. The second kappa shape index (κ2) is 7.96. The van der Waals surface area contributed by atoms with Crippen LogP contribution in [0.1, 0.15) is 19.3 Å². The van der Waals surface area contributed by atoms with Crippen LogP contribution in [0.4, 0.5) is 4.79 Å². The van der Waals surface area contributed by atoms with Gasteiger partial charge in [-0.1, -0.05) is 0 Å². The molecule has 1 heterocycles. The minimum absolute atomic E-state index is 0.0103. The molecule has 7 heteroatoms. The number of urea groups is 1. The van der Waals surface area contributed by atoms with E-state index in [1.807, 2.05) is 0 Å². The molecule has 2 atom stereocenters. The van der Waals surface area contributed by atoms with Crippen molar-refractivity contribution < 1.29 is 24.5 Å². The fraction of sp³-hybridized carbons (Fsp3) is 0.833. The van der Waals surface area contributed by atoms with Gasteiger partial charge in [0.2, 0.25) is 0 Å². The molecule has 0 aromatic rings. The predicted octanol–water partition coefficient (Wildman–Crippen LogP) is -0.110. The predicted molar refractivity (Wildman–Crippen MR) is 67.8 cm³/mol. The fourth-order valence-electron chi connectivity index (χ4n) is 2.17. The van der Waals surface area contributed by atoms with Crippen molar-refractivity contribution in [2.75, 3.05) is 33.4 Å². The first-order chi connectivity index (χ1) is 9.04. The number of amides is 2. The lowest BCUT2D eigenvalue weighted by Crippen LogP contribution is -2.47. The average molecular weight is 274 g/mol. The Morgan fingerprint density at radius 3 is 2.89 bits per heavy atom. The highest BCUT2D eigenvalue weighted by atomic mass is 16.5. The number of nitrogens with one attached hydrogen (secondary N) is 1. The number of likely N-dealkylation sites (tertiary alicyclic amines) is 1. The number of hydrogen-bond acceptors (Lipinski definition) is 4. The number of hydrogen-bond donors (Lipinski definition) is 3. The molecule has 0 saturated carbocycles. The summed E-state index contributed by atoms with van der Waals surface area (Å²) in [5, 5.41) is 20.2. The third kappa shape index (κ3) is 5.44. The summed E-state index contributed by atoms with van der Waals surface area (Å²) in [6.07, 6.45) is 0.577. The van der Waals surface area contributed by atoms with Crippen LogP contribution < -0.4 is 5.32 Å². The molecule has 1 aliphatic heterocycles. The van der Waals surface area contributed by atoms with E-state index in [2.05, 4.69) is 5.32 Å². The second-order valence-electron chi connectivity index (χ2n) is 4.78. The van der Waals surface area contributed by atoms with E-state index in [1.165, 1.54) is 0 Å². The summed E-state index contributed by atoms with van der Waals surface area (Å²) in [5.74, 6) is -0.915. The topological polar surface area (TPSA) is 99.1 Å². The van der Waals surface area contributed by atoms with Gasteiger partial charge in [-0.05, 0) is 12.8 Å². The SMILES string of the molecule is COCC1CCCN(C(=O)NCCC(O)C(=O)O)C1. The summed E-state index contributed by atoms with van der Waals surface area (Å²) < 4.78 is 5.09. The number of carbonyl (C=O) groups excluding carboxylic acids is 1. The van der Waals surface area contributed by atoms with Crippen molar-refractivity contribution in [1.29, 1.82) is 0 Å². The molecule has 110 valence electrons. The number of aliphatic hydroxyl groups is 1. The van der Waals surface area contributed by atoms with Gasteiger partial charge in [0.05, 0.1) is 6.61 Å². The molecule has 0 aromatic carbocycles. The first kappa shape index (κ1) is 15.7. The van der Waals surface area contributed by atoms with E-state index in [0.717, 1.165) is 12.8 Å². The van der Waals surface area contributed by atoms with E-state index < -0.39 is 12.1 Å². The van der Waals surface area contributed by atoms with Gasteiger partial charge < -0.3 is 25.2 Å². The lowest BCUT2D eigenvalue weighted by atomic mass is 9.99. The Bertz CT molecular complexity index is 308. The standard InChI is InChI=1S/C12H22N2O5/c1-19-8-9-3-2-6-14(7-9)12(18)13-5-4-10(15)11(16)17/h9-10,15H,2-8H2,1H3,(H,13,18)(H,16,17). The van der Waals surface area contributed by atoms with Crippen molar-refractivity contribution in [1.82, 2.24) is 10.2 Å². The Kier molecular flexibility index (Phi) is 6.58. The van der Waals surface area contributed by atoms with Crippen LogP contribution in [0.15, 0.2) is 0 Å². The van der Waals surface area contributed by atoms with Gasteiger partial charge in [-0.25, -0.2) is 9.59 Å². The van der Waals surface area contributed by atoms with Crippen molar-refractivity contribution in [2.24, 2.45) is 5.92 Å². The fourth-order valence-corrected chi connectivity index (χ4v) is 2.17. The van der Waals surface area contributed by atoms with Crippen LogP contribution >= 0.6 is 0 Å². The molecule has 0 radical (unpaired) electrons. The summed E-state index contributed by atoms with van der Waals surface area (Å²) in [4.78, 5) is 24.0. The smallest absolute Gasteiger partial charge is 0.332 e. The van der Waals surface area contributed by atoms with Crippen LogP contribution in [0.5, 0.6) is 0 Å². The molecule has 7 nitrogen and oxygen atoms in total. The Hall–Kier alpha value is -1.34. The summed E-state index contributed by atoms with van der Waals surface area (Å²) in [6, 6.07) is -0.210. The largest absolute Gasteiger partial charge is 0.479 e. The van der Waals surface area contributed by atoms with Crippen molar-refractivity contribution >= 4 is 12.0 Å². The maximum absolute atomic E-state index is 11.8. The molecule has 0 bridgehead atoms. The van der Waals surface area contributed by atoms with E-state index in [4.69, 9.17) is 14.9 Å². The molecular weight excluding hydrogens is 252 g/mol. The first-order valence-corrected chi connectivity index (χ1v) is 6.47. The quantitative estimate of drug-likeness (QED) is 0.627. The van der Waals surface area contributed by atoms with Crippen molar-refractivity contribution in [3.05, 3.63) is 0 Å². The third-order valence-electron chi connectivity index (χ3n) is 3.19. The highest BCUT2D eigenvalue weighted by molar-refractivity contribution is 5.74. The molecule has 0 spiro atoms. The van der Waals surface area contributed by atoms with E-state index in [9.17, 15) is 9.59 Å². The van der Waals surface area contributed by atoms with Crippen molar-refractivity contribution in [3.8, 4) is 0 Å². The number of aliphatic hydroxyl groups excluding tert-OH is 1. The molecule has 3 N–H and O–H groups in total. The van der Waals surface area contributed by atoms with Crippen LogP contribution in [0, 0.1) is 5.92 Å². The van der Waals surface area contributed by atoms with Gasteiger partial charge in [0.1, 0.15) is 0 Å². The minimum Gasteiger partial charge on any atom is -0.479 e. The molecule has 0 aliphatic carbocycles. The molecule has 2 amide bonds. The number of carbonyl (C=O) groups is 2. The summed E-state index contributed by atoms with van der Waals surface area (Å²) in [5.41, 5.74) is 0. The zero-order valence-corrected chi connectivity index (χ0v) is 11.2. The van der Waals surface area contributed by atoms with Gasteiger partial charge in [0, 0.05) is 39.1 Å². The van der Waals surface area contributed by atoms with Crippen molar-refractivity contribution in [3.63, 3.8) is 0 Å². The minimum atomic E-state index is -1.43. The van der Waals surface area contributed by atoms with Crippen LogP contribution in [0.2, 0.25) is 0 Å². The van der Waals surface area contributed by atoms with E-state index in [0.29, 0.717) is 25.6 Å². The summed E-state index contributed by atoms with van der Waals surface area (Å²) in [6.45, 7) is 2.15. The highest BCUT2D eigenvalue weighted by Gasteiger charge is 2.23. The molecule has 1 fully saturated rings. The maximum atomic E-state index is 11.8. The van der Waals surface area contributed by atoms with Crippen molar-refractivity contribution in [2.45, 2.75) is 25.4 Å². The number of aliphatic carboxylic acids is 1. The number of rotatable bonds is 6. The molecule has 0 aromatic heterocycles. The van der Waals surface area contributed by atoms with E-state index in [1.54, 1.807) is 12.0 Å². The Morgan fingerprint density at radius 1 is 1.53 bits per heavy atom. The zero-order chi connectivity index (χ0) is 14.3. The highest BCUT2D eigenvalue weighted by Crippen LogP contribution is 2.16. The Morgan fingerprint density at radius 2 is 2.26 bits per heavy atom. The van der Waals surface area contributed by atoms with E-state index in [-0.39, 0.29) is 19.0 Å². The van der Waals surface area contributed by atoms with Gasteiger partial charge in [-0.2, -0.15) is 0 Å². The maximum Gasteiger partial charge on any atom is 0.332 e. The monoisotopic (exact) mass is 274 g/mol. The molecule has 2 unspecified atom stereocenters. The lowest BCUT2D eigenvalue weighted by Gasteiger charge is -2.32. The van der Waals surface area contributed by atoms with Gasteiger partial charge in [-0.15, -0.1) is 0 Å². The summed E-state index contributed by atoms with van der Waals surface area (Å²) in [7, 11) is 1.65. The normalized spacial score (nSPS) is 20.9. The van der Waals surface area contributed by atoms with Crippen LogP contribution in [-0.4, -0.2) is 66.6 Å². The number of nitrogens with zero attached hydrogens (tertiary/aromatic N) is 1. The van der Waals surface area contributed by atoms with E-state index >= 15 is 0 Å². The first-order valence-electron chi connectivity index (χ1n) is 6.47. The number of carboxylic acid groups (broad SMARTS) is 1. The Labute approximate surface area is 112 Å². The van der Waals surface area contributed by atoms with Gasteiger partial charge in [0.25, 0.3) is 0 Å². The number of carboxylic acids is 1. The molecular formula is C12H22N2O5. The van der Waals surface area contributed by atoms with Crippen LogP contribution in [-0.2, 0) is 9.53 Å². The Balaban J connectivity index is 2.27. The molecule has 1 saturated heterocycles. The second-order valence-corrected chi connectivity index (χ2v) is 4.78. The van der Waals surface area contributed by atoms with Gasteiger partial charge in [0.15, 0.2) is 6.10 Å². The lowest BCUT2D eigenvalue weighted by molar-refractivity contribution is -0.146. The van der Waals surface area contributed by atoms with Gasteiger partial charge in [-0.3, -0.25) is 0 Å². The van der Waals surface area contributed by atoms with Gasteiger partial charge >= 0.3 is 12.0 Å². The number of ether oxygens (including phenoxy) is 1. The zero-order valence-electron chi connectivity index (χ0n) is 11.2. The molecule has 1 aliphatic rings. The number of methoxy groups -OCH3 is 1.